The largest absolute Gasteiger partial charge is 0.489 e. The molecule has 0 spiro atoms. The second-order valence-corrected chi connectivity index (χ2v) is 12.7. The number of carboxylic acid groups (broad SMARTS) is 1. The maximum Gasteiger partial charge on any atom is 0.310 e. The third kappa shape index (κ3) is 5.33. The molecular formula is C29H37FN4O5S. The molecule has 3 fully saturated rings. The van der Waals surface area contributed by atoms with Crippen molar-refractivity contribution in [3.8, 4) is 16.2 Å². The normalized spacial score (nSPS) is 26.6. The van der Waals surface area contributed by atoms with Gasteiger partial charge in [0.1, 0.15) is 11.9 Å². The number of nitrogens with zero attached hydrogens (tertiary/aromatic N) is 1. The van der Waals surface area contributed by atoms with Crippen LogP contribution in [-0.2, 0) is 20.9 Å². The number of hydrogen-bond donors (Lipinski definition) is 4. The number of carbonyl (C=O) groups is 3. The Kier molecular flexibility index (Phi) is 7.64. The van der Waals surface area contributed by atoms with Crippen LogP contribution in [0.2, 0.25) is 0 Å². The molecule has 4 N–H and O–H groups in total. The molecule has 40 heavy (non-hydrogen) atoms. The van der Waals surface area contributed by atoms with Gasteiger partial charge in [0.25, 0.3) is 11.8 Å². The summed E-state index contributed by atoms with van der Waals surface area (Å²) in [7, 11) is 0. The van der Waals surface area contributed by atoms with Crippen LogP contribution in [0.1, 0.15) is 70.1 Å². The van der Waals surface area contributed by atoms with E-state index in [4.69, 9.17) is 4.74 Å². The van der Waals surface area contributed by atoms with Crippen molar-refractivity contribution in [3.05, 3.63) is 35.0 Å². The van der Waals surface area contributed by atoms with Gasteiger partial charge >= 0.3 is 5.97 Å². The zero-order chi connectivity index (χ0) is 28.7. The van der Waals surface area contributed by atoms with E-state index in [9.17, 15) is 23.9 Å². The van der Waals surface area contributed by atoms with E-state index < -0.39 is 46.6 Å². The summed E-state index contributed by atoms with van der Waals surface area (Å²) >= 11 is 1.51. The number of hydrogen-bond acceptors (Lipinski definition) is 7. The zero-order valence-corrected chi connectivity index (χ0v) is 24.0. The maximum absolute atomic E-state index is 14.6. The first-order valence-corrected chi connectivity index (χ1v) is 14.8. The van der Waals surface area contributed by atoms with Gasteiger partial charge in [0.2, 0.25) is 0 Å². The van der Waals surface area contributed by atoms with Crippen molar-refractivity contribution in [3.63, 3.8) is 0 Å². The molecule has 3 atom stereocenters. The molecule has 2 unspecified atom stereocenters. The Bertz CT molecular complexity index is 1310. The third-order valence-corrected chi connectivity index (χ3v) is 9.68. The van der Waals surface area contributed by atoms with Crippen LogP contribution < -0.4 is 20.7 Å². The minimum absolute atomic E-state index is 0.0801. The van der Waals surface area contributed by atoms with Gasteiger partial charge in [0, 0.05) is 17.5 Å². The summed E-state index contributed by atoms with van der Waals surface area (Å²) < 4.78 is 21.0. The van der Waals surface area contributed by atoms with Crippen molar-refractivity contribution in [1.29, 1.82) is 0 Å². The fourth-order valence-corrected chi connectivity index (χ4v) is 6.59. The number of nitrogens with one attached hydrogen (secondary N) is 3. The van der Waals surface area contributed by atoms with E-state index in [-0.39, 0.29) is 19.4 Å². The number of aromatic nitrogens is 1. The molecule has 2 heterocycles. The summed E-state index contributed by atoms with van der Waals surface area (Å²) in [5, 5.41) is 18.6. The highest BCUT2D eigenvalue weighted by Crippen LogP contribution is 2.43. The van der Waals surface area contributed by atoms with Gasteiger partial charge in [-0.1, -0.05) is 32.4 Å². The molecule has 1 aromatic carbocycles. The standard InChI is InChI=1S/C29H37FN4O5S/c1-17-23(40-16-32-17)18-8-9-19(22(14-18)39-21-7-5-4-6-20(21)24(35)36)15-31-26(38)29(27(2,3)12-13-33-29)34-25(37)28(30)10-11-28/h8-9,14,16,20-21,33H,4-7,10-13,15H2,1-3H3,(H,31,38)(H,34,37)(H,35,36)/t20?,21?,29-/m1/s1. The Morgan fingerprint density at radius 1 is 1.18 bits per heavy atom. The van der Waals surface area contributed by atoms with Crippen LogP contribution >= 0.6 is 11.3 Å². The second-order valence-electron chi connectivity index (χ2n) is 11.9. The van der Waals surface area contributed by atoms with E-state index in [1.54, 1.807) is 5.51 Å². The molecule has 0 radical (unpaired) electrons. The Labute approximate surface area is 237 Å². The molecule has 216 valence electrons. The summed E-state index contributed by atoms with van der Waals surface area (Å²) in [5.41, 5.74) is 0.176. The number of aryl methyl sites for hydroxylation is 1. The number of carboxylic acids is 1. The van der Waals surface area contributed by atoms with E-state index in [1.165, 1.54) is 11.3 Å². The minimum Gasteiger partial charge on any atom is -0.489 e. The minimum atomic E-state index is -1.92. The van der Waals surface area contributed by atoms with Crippen molar-refractivity contribution in [1.82, 2.24) is 20.9 Å². The Balaban J connectivity index is 1.41. The fraction of sp³-hybridized carbons (Fsp3) is 0.586. The summed E-state index contributed by atoms with van der Waals surface area (Å²) in [5.74, 6) is -2.21. The molecule has 5 rings (SSSR count). The molecule has 2 amide bonds. The lowest BCUT2D eigenvalue weighted by Gasteiger charge is -2.40. The first kappa shape index (κ1) is 28.5. The number of halogens is 1. The predicted octanol–water partition coefficient (Wildman–Crippen LogP) is 4.09. The molecule has 0 bridgehead atoms. The average Bonchev–Trinajstić information content (AvgIpc) is 3.40. The van der Waals surface area contributed by atoms with Gasteiger partial charge in [-0.05, 0) is 63.6 Å². The molecular weight excluding hydrogens is 535 g/mol. The molecule has 11 heteroatoms. The molecule has 2 aliphatic carbocycles. The van der Waals surface area contributed by atoms with Crippen LogP contribution in [0.3, 0.4) is 0 Å². The fourth-order valence-electron chi connectivity index (χ4n) is 5.79. The summed E-state index contributed by atoms with van der Waals surface area (Å²) in [4.78, 5) is 43.7. The van der Waals surface area contributed by atoms with E-state index in [1.807, 2.05) is 39.0 Å². The van der Waals surface area contributed by atoms with Crippen LogP contribution in [0.25, 0.3) is 10.4 Å². The smallest absolute Gasteiger partial charge is 0.310 e. The SMILES string of the molecule is Cc1ncsc1-c1ccc(CNC(=O)[C@]2(NC(=O)C3(F)CC3)NCCC2(C)C)c(OC2CCCCC2C(=O)O)c1. The van der Waals surface area contributed by atoms with Gasteiger partial charge in [0.15, 0.2) is 11.3 Å². The molecule has 9 nitrogen and oxygen atoms in total. The monoisotopic (exact) mass is 572 g/mol. The highest BCUT2D eigenvalue weighted by molar-refractivity contribution is 7.13. The van der Waals surface area contributed by atoms with Gasteiger partial charge in [-0.3, -0.25) is 19.7 Å². The average molecular weight is 573 g/mol. The molecule has 2 saturated carbocycles. The Hall–Kier alpha value is -3.05. The number of amides is 2. The van der Waals surface area contributed by atoms with E-state index in [0.717, 1.165) is 29.0 Å². The summed E-state index contributed by atoms with van der Waals surface area (Å²) in [6.07, 6.45) is 3.35. The van der Waals surface area contributed by atoms with Crippen molar-refractivity contribution < 1.29 is 28.6 Å². The third-order valence-electron chi connectivity index (χ3n) is 8.71. The number of rotatable bonds is 9. The molecule has 2 aromatic rings. The van der Waals surface area contributed by atoms with Gasteiger partial charge in [-0.15, -0.1) is 11.3 Å². The lowest BCUT2D eigenvalue weighted by molar-refractivity contribution is -0.146. The number of carbonyl (C=O) groups excluding carboxylic acids is 2. The highest BCUT2D eigenvalue weighted by Gasteiger charge is 2.60. The van der Waals surface area contributed by atoms with Gasteiger partial charge in [-0.2, -0.15) is 0 Å². The number of alkyl halides is 1. The Morgan fingerprint density at radius 3 is 2.55 bits per heavy atom. The number of benzene rings is 1. The number of aliphatic carboxylic acids is 1. The lowest BCUT2D eigenvalue weighted by Crippen LogP contribution is -2.71. The quantitative estimate of drug-likeness (QED) is 0.356. The van der Waals surface area contributed by atoms with E-state index >= 15 is 0 Å². The lowest BCUT2D eigenvalue weighted by atomic mass is 9.78. The zero-order valence-electron chi connectivity index (χ0n) is 23.1. The molecule has 3 aliphatic rings. The van der Waals surface area contributed by atoms with Gasteiger partial charge < -0.3 is 20.5 Å². The summed E-state index contributed by atoms with van der Waals surface area (Å²) in [6, 6.07) is 5.67. The van der Waals surface area contributed by atoms with E-state index in [0.29, 0.717) is 37.1 Å². The maximum atomic E-state index is 14.6. The van der Waals surface area contributed by atoms with Crippen LogP contribution in [0.15, 0.2) is 23.7 Å². The van der Waals surface area contributed by atoms with E-state index in [2.05, 4.69) is 20.9 Å². The van der Waals surface area contributed by atoms with Crippen molar-refractivity contribution in [2.45, 2.75) is 89.7 Å². The topological polar surface area (TPSA) is 130 Å². The second kappa shape index (κ2) is 10.7. The van der Waals surface area contributed by atoms with Gasteiger partial charge in [0.05, 0.1) is 22.0 Å². The summed E-state index contributed by atoms with van der Waals surface area (Å²) in [6.45, 7) is 6.25. The number of thiazole rings is 1. The first-order valence-electron chi connectivity index (χ1n) is 13.9. The Morgan fingerprint density at radius 2 is 1.93 bits per heavy atom. The van der Waals surface area contributed by atoms with Crippen LogP contribution in [0, 0.1) is 18.3 Å². The van der Waals surface area contributed by atoms with Crippen LogP contribution in [0.5, 0.6) is 5.75 Å². The predicted molar refractivity (Wildman–Crippen MR) is 148 cm³/mol. The highest BCUT2D eigenvalue weighted by atomic mass is 32.1. The van der Waals surface area contributed by atoms with Crippen LogP contribution in [0.4, 0.5) is 4.39 Å². The molecule has 1 saturated heterocycles. The first-order chi connectivity index (χ1) is 19.0. The van der Waals surface area contributed by atoms with Crippen molar-refractivity contribution in [2.75, 3.05) is 6.54 Å². The van der Waals surface area contributed by atoms with Gasteiger partial charge in [-0.25, -0.2) is 9.37 Å². The van der Waals surface area contributed by atoms with Crippen LogP contribution in [-0.4, -0.2) is 51.9 Å². The van der Waals surface area contributed by atoms with Crippen molar-refractivity contribution >= 4 is 29.1 Å². The molecule has 1 aliphatic heterocycles. The number of ether oxygens (including phenoxy) is 1. The molecule has 1 aromatic heterocycles. The van der Waals surface area contributed by atoms with Crippen molar-refractivity contribution in [2.24, 2.45) is 11.3 Å².